The number of aliphatic imine (C=N–C) groups is 1. The van der Waals surface area contributed by atoms with Crippen LogP contribution in [0.25, 0.3) is 0 Å². The maximum absolute atomic E-state index is 6.08. The number of hydrogen-bond donors (Lipinski definition) is 2. The Bertz CT molecular complexity index is 565. The molecule has 5 heteroatoms. The topological polar surface area (TPSA) is 58.5 Å². The van der Waals surface area contributed by atoms with E-state index in [2.05, 4.69) is 48.3 Å². The van der Waals surface area contributed by atoms with E-state index in [9.17, 15) is 0 Å². The Kier molecular flexibility index (Phi) is 7.24. The fourth-order valence-corrected chi connectivity index (χ4v) is 3.43. The summed E-state index contributed by atoms with van der Waals surface area (Å²) in [6, 6.07) is 6.05. The van der Waals surface area contributed by atoms with Crippen LogP contribution in [0.2, 0.25) is 0 Å². The number of pyridine rings is 1. The monoisotopic (exact) mass is 346 g/mol. The van der Waals surface area contributed by atoms with Crippen molar-refractivity contribution >= 4 is 5.96 Å². The molecule has 2 unspecified atom stereocenters. The van der Waals surface area contributed by atoms with Crippen molar-refractivity contribution in [1.82, 2.24) is 15.6 Å². The van der Waals surface area contributed by atoms with Crippen LogP contribution in [-0.4, -0.2) is 36.7 Å². The molecular formula is C20H34N4O. The van der Waals surface area contributed by atoms with Gasteiger partial charge in [-0.3, -0.25) is 4.98 Å². The molecule has 1 aromatic rings. The first-order valence-corrected chi connectivity index (χ1v) is 9.46. The zero-order chi connectivity index (χ0) is 18.3. The molecule has 0 saturated carbocycles. The van der Waals surface area contributed by atoms with Crippen LogP contribution >= 0.6 is 0 Å². The van der Waals surface area contributed by atoms with E-state index < -0.39 is 0 Å². The molecule has 0 amide bonds. The quantitative estimate of drug-likeness (QED) is 0.634. The van der Waals surface area contributed by atoms with E-state index in [1.165, 1.54) is 6.42 Å². The van der Waals surface area contributed by atoms with E-state index in [-0.39, 0.29) is 11.5 Å². The number of rotatable bonds is 5. The third-order valence-corrected chi connectivity index (χ3v) is 4.52. The molecule has 1 aliphatic rings. The molecule has 1 fully saturated rings. The lowest BCUT2D eigenvalue weighted by Crippen LogP contribution is -2.47. The molecule has 2 N–H and O–H groups in total. The fourth-order valence-electron chi connectivity index (χ4n) is 3.43. The number of guanidine groups is 1. The van der Waals surface area contributed by atoms with E-state index in [4.69, 9.17) is 4.74 Å². The Hall–Kier alpha value is -1.62. The van der Waals surface area contributed by atoms with Gasteiger partial charge >= 0.3 is 0 Å². The number of hydrogen-bond acceptors (Lipinski definition) is 3. The zero-order valence-corrected chi connectivity index (χ0v) is 16.4. The second-order valence-electron chi connectivity index (χ2n) is 7.91. The number of nitrogens with one attached hydrogen (secondary N) is 2. The first kappa shape index (κ1) is 19.7. The molecule has 2 rings (SSSR count). The van der Waals surface area contributed by atoms with Crippen molar-refractivity contribution in [2.75, 3.05) is 19.7 Å². The predicted molar refractivity (Wildman–Crippen MR) is 104 cm³/mol. The number of aromatic nitrogens is 1. The van der Waals surface area contributed by atoms with Gasteiger partial charge in [-0.2, -0.15) is 0 Å². The Labute approximate surface area is 152 Å². The second-order valence-corrected chi connectivity index (χ2v) is 7.91. The summed E-state index contributed by atoms with van der Waals surface area (Å²) in [5, 5.41) is 6.84. The Morgan fingerprint density at radius 3 is 2.80 bits per heavy atom. The van der Waals surface area contributed by atoms with E-state index >= 15 is 0 Å². The molecule has 2 heterocycles. The van der Waals surface area contributed by atoms with Gasteiger partial charge in [0.05, 0.1) is 18.3 Å². The fraction of sp³-hybridized carbons (Fsp3) is 0.700. The maximum Gasteiger partial charge on any atom is 0.191 e. The molecule has 5 nitrogen and oxygen atoms in total. The van der Waals surface area contributed by atoms with Crippen molar-refractivity contribution in [2.45, 2.75) is 60.1 Å². The van der Waals surface area contributed by atoms with E-state index in [0.29, 0.717) is 12.5 Å². The lowest BCUT2D eigenvalue weighted by molar-refractivity contribution is -0.0835. The largest absolute Gasteiger partial charge is 0.377 e. The summed E-state index contributed by atoms with van der Waals surface area (Å²) >= 11 is 0. The van der Waals surface area contributed by atoms with Gasteiger partial charge in [0, 0.05) is 31.3 Å². The lowest BCUT2D eigenvalue weighted by atomic mass is 9.78. The number of aryl methyl sites for hydroxylation is 1. The molecule has 0 bridgehead atoms. The van der Waals surface area contributed by atoms with Gasteiger partial charge in [-0.05, 0) is 44.2 Å². The summed E-state index contributed by atoms with van der Waals surface area (Å²) in [5.41, 5.74) is 2.18. The van der Waals surface area contributed by atoms with Crippen molar-refractivity contribution in [3.63, 3.8) is 0 Å². The van der Waals surface area contributed by atoms with Gasteiger partial charge in [0.2, 0.25) is 0 Å². The summed E-state index contributed by atoms with van der Waals surface area (Å²) in [6.07, 6.45) is 2.63. The average Bonchev–Trinajstić information content (AvgIpc) is 2.57. The molecule has 0 aliphatic carbocycles. The second kappa shape index (κ2) is 9.18. The van der Waals surface area contributed by atoms with Crippen LogP contribution in [0.1, 0.15) is 51.9 Å². The molecule has 0 aromatic carbocycles. The molecule has 140 valence electrons. The first-order chi connectivity index (χ1) is 11.9. The summed E-state index contributed by atoms with van der Waals surface area (Å²) in [6.45, 7) is 14.1. The van der Waals surface area contributed by atoms with Crippen LogP contribution in [0.15, 0.2) is 23.2 Å². The average molecular weight is 347 g/mol. The van der Waals surface area contributed by atoms with Crippen molar-refractivity contribution in [1.29, 1.82) is 0 Å². The normalized spacial score (nSPS) is 21.9. The third-order valence-electron chi connectivity index (χ3n) is 4.52. The number of ether oxygens (including phenoxy) is 1. The summed E-state index contributed by atoms with van der Waals surface area (Å²) < 4.78 is 6.08. The van der Waals surface area contributed by atoms with Gasteiger partial charge in [-0.15, -0.1) is 0 Å². The predicted octanol–water partition coefficient (Wildman–Crippen LogP) is 3.29. The van der Waals surface area contributed by atoms with Crippen molar-refractivity contribution in [2.24, 2.45) is 16.3 Å². The Morgan fingerprint density at radius 1 is 1.32 bits per heavy atom. The summed E-state index contributed by atoms with van der Waals surface area (Å²) in [5.74, 6) is 1.36. The van der Waals surface area contributed by atoms with Crippen LogP contribution in [0.5, 0.6) is 0 Å². The Morgan fingerprint density at radius 2 is 2.12 bits per heavy atom. The zero-order valence-electron chi connectivity index (χ0n) is 16.4. The van der Waals surface area contributed by atoms with Crippen LogP contribution in [0.3, 0.4) is 0 Å². The van der Waals surface area contributed by atoms with Crippen LogP contribution in [-0.2, 0) is 11.3 Å². The van der Waals surface area contributed by atoms with Crippen LogP contribution in [0.4, 0.5) is 0 Å². The minimum Gasteiger partial charge on any atom is -0.377 e. The smallest absolute Gasteiger partial charge is 0.191 e. The highest BCUT2D eigenvalue weighted by atomic mass is 16.5. The summed E-state index contributed by atoms with van der Waals surface area (Å²) in [4.78, 5) is 9.20. The van der Waals surface area contributed by atoms with Gasteiger partial charge in [0.1, 0.15) is 0 Å². The molecule has 1 saturated heterocycles. The number of nitrogens with zero attached hydrogens (tertiary/aromatic N) is 2. The van der Waals surface area contributed by atoms with Gasteiger partial charge in [0.25, 0.3) is 0 Å². The molecule has 1 aromatic heterocycles. The van der Waals surface area contributed by atoms with Crippen LogP contribution in [0, 0.1) is 18.3 Å². The lowest BCUT2D eigenvalue weighted by Gasteiger charge is -2.40. The summed E-state index contributed by atoms with van der Waals surface area (Å²) in [7, 11) is 0. The van der Waals surface area contributed by atoms with Gasteiger partial charge < -0.3 is 15.4 Å². The minimum atomic E-state index is 0.160. The SMILES string of the molecule is CCNC(=NCc1cccc(C)n1)NCC1CCCOC1C(C)(C)C. The maximum atomic E-state index is 6.08. The Balaban J connectivity index is 1.97. The standard InChI is InChI=1S/C20H34N4O/c1-6-21-19(23-14-17-11-7-9-15(2)24-17)22-13-16-10-8-12-25-18(16)20(3,4)5/h7,9,11,16,18H,6,8,10,12-14H2,1-5H3,(H2,21,22,23). The van der Waals surface area contributed by atoms with Gasteiger partial charge in [-0.25, -0.2) is 4.99 Å². The van der Waals surface area contributed by atoms with Crippen molar-refractivity contribution in [3.8, 4) is 0 Å². The third kappa shape index (κ3) is 6.31. The minimum absolute atomic E-state index is 0.160. The highest BCUT2D eigenvalue weighted by Gasteiger charge is 2.35. The molecule has 2 atom stereocenters. The highest BCUT2D eigenvalue weighted by molar-refractivity contribution is 5.79. The van der Waals surface area contributed by atoms with Crippen molar-refractivity contribution in [3.05, 3.63) is 29.6 Å². The van der Waals surface area contributed by atoms with E-state index in [1.54, 1.807) is 0 Å². The molecule has 0 spiro atoms. The van der Waals surface area contributed by atoms with Gasteiger partial charge in [-0.1, -0.05) is 26.8 Å². The van der Waals surface area contributed by atoms with E-state index in [0.717, 1.165) is 43.5 Å². The van der Waals surface area contributed by atoms with Gasteiger partial charge in [0.15, 0.2) is 5.96 Å². The van der Waals surface area contributed by atoms with Crippen LogP contribution < -0.4 is 10.6 Å². The van der Waals surface area contributed by atoms with Crippen molar-refractivity contribution < 1.29 is 4.74 Å². The molecule has 1 aliphatic heterocycles. The highest BCUT2D eigenvalue weighted by Crippen LogP contribution is 2.33. The molecular weight excluding hydrogens is 312 g/mol. The van der Waals surface area contributed by atoms with E-state index in [1.807, 2.05) is 25.1 Å². The molecule has 0 radical (unpaired) electrons. The first-order valence-electron chi connectivity index (χ1n) is 9.46. The molecule has 25 heavy (non-hydrogen) atoms.